The predicted octanol–water partition coefficient (Wildman–Crippen LogP) is 14.6. The number of nitrogens with zero attached hydrogens (tertiary/aromatic N) is 2. The Hall–Kier alpha value is -7.36. The van der Waals surface area contributed by atoms with Gasteiger partial charge in [0, 0.05) is 38.5 Å². The lowest BCUT2D eigenvalue weighted by Crippen LogP contribution is -2.11. The highest BCUT2D eigenvalue weighted by Crippen LogP contribution is 2.48. The molecule has 11 rings (SSSR count). The van der Waals surface area contributed by atoms with Crippen molar-refractivity contribution in [2.24, 2.45) is 0 Å². The number of benzene rings is 9. The van der Waals surface area contributed by atoms with Gasteiger partial charge in [0.25, 0.3) is 0 Å². The van der Waals surface area contributed by atoms with Gasteiger partial charge in [-0.05, 0) is 76.7 Å². The Bertz CT molecular complexity index is 3150. The van der Waals surface area contributed by atoms with Crippen LogP contribution in [0.3, 0.4) is 0 Å². The molecule has 9 aromatic carbocycles. The van der Waals surface area contributed by atoms with Crippen molar-refractivity contribution in [3.63, 3.8) is 0 Å². The van der Waals surface area contributed by atoms with Crippen molar-refractivity contribution in [1.29, 1.82) is 0 Å². The summed E-state index contributed by atoms with van der Waals surface area (Å²) in [7, 11) is 0. The summed E-state index contributed by atoms with van der Waals surface area (Å²) in [6.07, 6.45) is 0. The average molecular weight is 703 g/mol. The van der Waals surface area contributed by atoms with Crippen LogP contribution in [0, 0.1) is 0 Å². The van der Waals surface area contributed by atoms with Gasteiger partial charge >= 0.3 is 0 Å². The van der Waals surface area contributed by atoms with E-state index in [0.29, 0.717) is 0 Å². The molecule has 2 heterocycles. The molecule has 0 N–H and O–H groups in total. The highest BCUT2D eigenvalue weighted by atomic mass is 16.3. The second kappa shape index (κ2) is 12.6. The van der Waals surface area contributed by atoms with Crippen LogP contribution in [0.4, 0.5) is 17.1 Å². The third-order valence-electron chi connectivity index (χ3n) is 11.0. The Morgan fingerprint density at radius 3 is 1.80 bits per heavy atom. The summed E-state index contributed by atoms with van der Waals surface area (Å²) in [6, 6.07) is 73.9. The van der Waals surface area contributed by atoms with Gasteiger partial charge in [-0.25, -0.2) is 0 Å². The van der Waals surface area contributed by atoms with Crippen molar-refractivity contribution in [3.8, 4) is 27.9 Å². The molecule has 0 saturated heterocycles. The van der Waals surface area contributed by atoms with Gasteiger partial charge in [-0.3, -0.25) is 0 Å². The van der Waals surface area contributed by atoms with E-state index in [4.69, 9.17) is 4.42 Å². The van der Waals surface area contributed by atoms with Crippen LogP contribution in [-0.2, 0) is 0 Å². The first-order valence-corrected chi connectivity index (χ1v) is 18.8. The highest BCUT2D eigenvalue weighted by Gasteiger charge is 2.24. The van der Waals surface area contributed by atoms with Gasteiger partial charge in [0.1, 0.15) is 11.2 Å². The van der Waals surface area contributed by atoms with E-state index in [0.717, 1.165) is 77.7 Å². The molecule has 0 atom stereocenters. The van der Waals surface area contributed by atoms with Crippen LogP contribution < -0.4 is 4.90 Å². The molecule has 3 nitrogen and oxygen atoms in total. The Morgan fingerprint density at radius 1 is 0.400 bits per heavy atom. The molecule has 11 aromatic rings. The minimum atomic E-state index is 0.880. The van der Waals surface area contributed by atoms with E-state index in [1.807, 2.05) is 6.07 Å². The smallest absolute Gasteiger partial charge is 0.145 e. The van der Waals surface area contributed by atoms with E-state index in [-0.39, 0.29) is 0 Å². The lowest BCUT2D eigenvalue weighted by molar-refractivity contribution is 0.672. The second-order valence-corrected chi connectivity index (χ2v) is 14.1. The van der Waals surface area contributed by atoms with Gasteiger partial charge in [-0.15, -0.1) is 0 Å². The maximum atomic E-state index is 6.69. The lowest BCUT2D eigenvalue weighted by Gasteiger charge is -2.29. The standard InChI is InChI=1S/C52H34N2O/c1-2-15-36(16-3-1)41-20-6-10-25-46(41)53(49-34-38-17-4-5-21-42(38)52-51(49)45-24-9-13-28-50(45)55-52)39-31-29-35(30-32-39)37-18-14-19-40(33-37)54-47-26-11-7-22-43(47)44-23-8-12-27-48(44)54/h1-34H. The van der Waals surface area contributed by atoms with E-state index in [1.54, 1.807) is 0 Å². The maximum Gasteiger partial charge on any atom is 0.145 e. The summed E-state index contributed by atoms with van der Waals surface area (Å²) in [4.78, 5) is 2.41. The monoisotopic (exact) mass is 702 g/mol. The topological polar surface area (TPSA) is 21.3 Å². The Labute approximate surface area is 318 Å². The molecule has 0 aliphatic carbocycles. The molecule has 0 amide bonds. The Morgan fingerprint density at radius 2 is 1.02 bits per heavy atom. The molecule has 0 spiro atoms. The minimum Gasteiger partial charge on any atom is -0.455 e. The molecule has 0 saturated carbocycles. The number of hydrogen-bond donors (Lipinski definition) is 0. The van der Waals surface area contributed by atoms with Crippen molar-refractivity contribution < 1.29 is 4.42 Å². The summed E-state index contributed by atoms with van der Waals surface area (Å²) in [6.45, 7) is 0. The van der Waals surface area contributed by atoms with Crippen LogP contribution in [0.1, 0.15) is 0 Å². The molecule has 0 aliphatic rings. The van der Waals surface area contributed by atoms with E-state index < -0.39 is 0 Å². The zero-order chi connectivity index (χ0) is 36.3. The number of rotatable bonds is 6. The van der Waals surface area contributed by atoms with Crippen LogP contribution in [0.25, 0.3) is 82.5 Å². The Kier molecular flexibility index (Phi) is 7.17. The van der Waals surface area contributed by atoms with E-state index in [2.05, 4.69) is 210 Å². The second-order valence-electron chi connectivity index (χ2n) is 14.1. The van der Waals surface area contributed by atoms with Crippen molar-refractivity contribution in [2.75, 3.05) is 4.90 Å². The van der Waals surface area contributed by atoms with Crippen LogP contribution >= 0.6 is 0 Å². The summed E-state index contributed by atoms with van der Waals surface area (Å²) in [5.74, 6) is 0. The lowest BCUT2D eigenvalue weighted by atomic mass is 9.98. The predicted molar refractivity (Wildman–Crippen MR) is 231 cm³/mol. The van der Waals surface area contributed by atoms with Crippen LogP contribution in [0.15, 0.2) is 211 Å². The van der Waals surface area contributed by atoms with Crippen molar-refractivity contribution in [3.05, 3.63) is 206 Å². The summed E-state index contributed by atoms with van der Waals surface area (Å²) < 4.78 is 9.07. The van der Waals surface area contributed by atoms with Crippen LogP contribution in [0.2, 0.25) is 0 Å². The SMILES string of the molecule is c1ccc(-c2ccccc2N(c2ccc(-c3cccc(-n4c5ccccc5c5ccccc54)c3)cc2)c2cc3ccccc3c3oc4ccccc4c23)cc1. The number of anilines is 3. The van der Waals surface area contributed by atoms with Crippen molar-refractivity contribution in [1.82, 2.24) is 4.57 Å². The van der Waals surface area contributed by atoms with E-state index in [1.165, 1.54) is 21.8 Å². The molecule has 0 radical (unpaired) electrons. The number of aromatic nitrogens is 1. The quantitative estimate of drug-likeness (QED) is 0.172. The van der Waals surface area contributed by atoms with Gasteiger partial charge in [-0.2, -0.15) is 0 Å². The molecule has 258 valence electrons. The van der Waals surface area contributed by atoms with Crippen LogP contribution in [-0.4, -0.2) is 4.57 Å². The minimum absolute atomic E-state index is 0.880. The average Bonchev–Trinajstić information content (AvgIpc) is 3.82. The first-order chi connectivity index (χ1) is 27.3. The number of para-hydroxylation sites is 4. The third kappa shape index (κ3) is 5.05. The largest absolute Gasteiger partial charge is 0.455 e. The molecule has 0 bridgehead atoms. The molecule has 3 heteroatoms. The first-order valence-electron chi connectivity index (χ1n) is 18.8. The van der Waals surface area contributed by atoms with Gasteiger partial charge in [-0.1, -0.05) is 152 Å². The molecular formula is C52H34N2O. The fourth-order valence-electron chi connectivity index (χ4n) is 8.48. The fraction of sp³-hybridized carbons (Fsp3) is 0. The fourth-order valence-corrected chi connectivity index (χ4v) is 8.48. The number of fused-ring (bicyclic) bond motifs is 8. The molecule has 0 unspecified atom stereocenters. The normalized spacial score (nSPS) is 11.6. The van der Waals surface area contributed by atoms with Crippen molar-refractivity contribution in [2.45, 2.75) is 0 Å². The summed E-state index contributed by atoms with van der Waals surface area (Å²) >= 11 is 0. The number of hydrogen-bond acceptors (Lipinski definition) is 2. The molecule has 55 heavy (non-hydrogen) atoms. The maximum absolute atomic E-state index is 6.69. The Balaban J connectivity index is 1.11. The van der Waals surface area contributed by atoms with Crippen molar-refractivity contribution >= 4 is 71.6 Å². The van der Waals surface area contributed by atoms with Gasteiger partial charge in [0.15, 0.2) is 0 Å². The number of furan rings is 1. The third-order valence-corrected chi connectivity index (χ3v) is 11.0. The zero-order valence-corrected chi connectivity index (χ0v) is 29.9. The summed E-state index contributed by atoms with van der Waals surface area (Å²) in [5, 5.41) is 6.95. The van der Waals surface area contributed by atoms with Crippen LogP contribution in [0.5, 0.6) is 0 Å². The molecule has 2 aromatic heterocycles. The molecule has 0 fully saturated rings. The van der Waals surface area contributed by atoms with E-state index in [9.17, 15) is 0 Å². The zero-order valence-electron chi connectivity index (χ0n) is 29.9. The van der Waals surface area contributed by atoms with E-state index >= 15 is 0 Å². The first kappa shape index (κ1) is 31.2. The van der Waals surface area contributed by atoms with Gasteiger partial charge in [0.05, 0.1) is 27.8 Å². The molecule has 0 aliphatic heterocycles. The van der Waals surface area contributed by atoms with Gasteiger partial charge in [0.2, 0.25) is 0 Å². The highest BCUT2D eigenvalue weighted by molar-refractivity contribution is 6.22. The van der Waals surface area contributed by atoms with Gasteiger partial charge < -0.3 is 13.9 Å². The molecular weight excluding hydrogens is 669 g/mol. The summed E-state index contributed by atoms with van der Waals surface area (Å²) in [5.41, 5.74) is 13.2.